The Bertz CT molecular complexity index is 751. The van der Waals surface area contributed by atoms with E-state index in [1.807, 2.05) is 24.3 Å². The van der Waals surface area contributed by atoms with E-state index in [1.54, 1.807) is 12.1 Å². The minimum Gasteiger partial charge on any atom is -0.492 e. The van der Waals surface area contributed by atoms with Gasteiger partial charge in [-0.1, -0.05) is 24.3 Å². The Labute approximate surface area is 158 Å². The maximum atomic E-state index is 13.5. The smallest absolute Gasteiger partial charge is 0.319 e. The minimum atomic E-state index is -0.469. The number of anilines is 1. The topological polar surface area (TPSA) is 62.8 Å². The SMILES string of the molecule is O=C(NCc1cccc(OCCN2CCOCC2)c1)Nc1ccccc1F. The van der Waals surface area contributed by atoms with Crippen LogP contribution in [0.4, 0.5) is 14.9 Å². The largest absolute Gasteiger partial charge is 0.492 e. The van der Waals surface area contributed by atoms with Crippen LogP contribution in [0.5, 0.6) is 5.75 Å². The number of hydrogen-bond acceptors (Lipinski definition) is 4. The lowest BCUT2D eigenvalue weighted by Gasteiger charge is -2.26. The first kappa shape index (κ1) is 19.1. The average molecular weight is 373 g/mol. The maximum Gasteiger partial charge on any atom is 0.319 e. The zero-order valence-electron chi connectivity index (χ0n) is 15.1. The summed E-state index contributed by atoms with van der Waals surface area (Å²) in [7, 11) is 0. The number of carbonyl (C=O) groups is 1. The molecular weight excluding hydrogens is 349 g/mol. The van der Waals surface area contributed by atoms with Crippen LogP contribution in [0.25, 0.3) is 0 Å². The summed E-state index contributed by atoms with van der Waals surface area (Å²) in [5, 5.41) is 5.21. The van der Waals surface area contributed by atoms with Gasteiger partial charge in [0.1, 0.15) is 18.2 Å². The molecule has 27 heavy (non-hydrogen) atoms. The Balaban J connectivity index is 1.43. The standard InChI is InChI=1S/C20H24FN3O3/c21-18-6-1-2-7-19(18)23-20(25)22-15-16-4-3-5-17(14-16)27-13-10-24-8-11-26-12-9-24/h1-7,14H,8-13,15H2,(H2,22,23,25). The number of halogens is 1. The molecule has 0 spiro atoms. The van der Waals surface area contributed by atoms with Crippen molar-refractivity contribution in [3.63, 3.8) is 0 Å². The van der Waals surface area contributed by atoms with E-state index < -0.39 is 11.8 Å². The molecule has 2 amide bonds. The summed E-state index contributed by atoms with van der Waals surface area (Å²) in [6, 6.07) is 13.2. The summed E-state index contributed by atoms with van der Waals surface area (Å²) in [6.45, 7) is 5.20. The van der Waals surface area contributed by atoms with Crippen LogP contribution in [0.3, 0.4) is 0 Å². The Morgan fingerprint density at radius 2 is 1.96 bits per heavy atom. The van der Waals surface area contributed by atoms with Crippen LogP contribution in [-0.4, -0.2) is 50.4 Å². The van der Waals surface area contributed by atoms with Crippen LogP contribution in [0.1, 0.15) is 5.56 Å². The van der Waals surface area contributed by atoms with Gasteiger partial charge < -0.3 is 20.1 Å². The number of amides is 2. The molecule has 0 aliphatic carbocycles. The summed E-state index contributed by atoms with van der Waals surface area (Å²) in [6.07, 6.45) is 0. The van der Waals surface area contributed by atoms with Gasteiger partial charge in [0.2, 0.25) is 0 Å². The van der Waals surface area contributed by atoms with Crippen LogP contribution < -0.4 is 15.4 Å². The summed E-state index contributed by atoms with van der Waals surface area (Å²) in [5.74, 6) is 0.292. The number of hydrogen-bond donors (Lipinski definition) is 2. The molecule has 0 aromatic heterocycles. The number of rotatable bonds is 7. The first-order valence-corrected chi connectivity index (χ1v) is 9.02. The van der Waals surface area contributed by atoms with Crippen LogP contribution in [0, 0.1) is 5.82 Å². The van der Waals surface area contributed by atoms with E-state index in [1.165, 1.54) is 12.1 Å². The van der Waals surface area contributed by atoms with Crippen LogP contribution in [0.15, 0.2) is 48.5 Å². The lowest BCUT2D eigenvalue weighted by atomic mass is 10.2. The molecule has 1 saturated heterocycles. The lowest BCUT2D eigenvalue weighted by Crippen LogP contribution is -2.38. The third kappa shape index (κ3) is 6.23. The van der Waals surface area contributed by atoms with Crippen molar-refractivity contribution in [3.05, 3.63) is 59.9 Å². The Morgan fingerprint density at radius 3 is 2.78 bits per heavy atom. The third-order valence-electron chi connectivity index (χ3n) is 4.25. The second kappa shape index (κ2) is 9.89. The van der Waals surface area contributed by atoms with Crippen molar-refractivity contribution in [2.24, 2.45) is 0 Å². The zero-order chi connectivity index (χ0) is 18.9. The number of morpholine rings is 1. The molecule has 0 atom stereocenters. The number of nitrogens with zero attached hydrogens (tertiary/aromatic N) is 1. The molecule has 1 fully saturated rings. The molecule has 0 radical (unpaired) electrons. The van der Waals surface area contributed by atoms with E-state index in [-0.39, 0.29) is 5.69 Å². The molecule has 3 rings (SSSR count). The van der Waals surface area contributed by atoms with E-state index in [0.29, 0.717) is 13.2 Å². The number of carbonyl (C=O) groups excluding carboxylic acids is 1. The van der Waals surface area contributed by atoms with Crippen molar-refractivity contribution in [2.45, 2.75) is 6.54 Å². The molecule has 2 N–H and O–H groups in total. The molecule has 0 unspecified atom stereocenters. The second-order valence-electron chi connectivity index (χ2n) is 6.24. The fourth-order valence-electron chi connectivity index (χ4n) is 2.77. The molecular formula is C20H24FN3O3. The van der Waals surface area contributed by atoms with Crippen molar-refractivity contribution in [3.8, 4) is 5.75 Å². The van der Waals surface area contributed by atoms with Crippen molar-refractivity contribution >= 4 is 11.7 Å². The highest BCUT2D eigenvalue weighted by atomic mass is 19.1. The van der Waals surface area contributed by atoms with Crippen molar-refractivity contribution in [1.82, 2.24) is 10.2 Å². The maximum absolute atomic E-state index is 13.5. The first-order chi connectivity index (χ1) is 13.2. The van der Waals surface area contributed by atoms with E-state index >= 15 is 0 Å². The minimum absolute atomic E-state index is 0.148. The van der Waals surface area contributed by atoms with Gasteiger partial charge in [0.05, 0.1) is 18.9 Å². The second-order valence-corrected chi connectivity index (χ2v) is 6.24. The number of nitrogens with one attached hydrogen (secondary N) is 2. The van der Waals surface area contributed by atoms with Gasteiger partial charge in [-0.15, -0.1) is 0 Å². The molecule has 1 aliphatic rings. The first-order valence-electron chi connectivity index (χ1n) is 9.02. The van der Waals surface area contributed by atoms with Crippen molar-refractivity contribution in [1.29, 1.82) is 0 Å². The van der Waals surface area contributed by atoms with Crippen molar-refractivity contribution in [2.75, 3.05) is 44.8 Å². The number of benzene rings is 2. The quantitative estimate of drug-likeness (QED) is 0.783. The molecule has 1 aliphatic heterocycles. The van der Waals surface area contributed by atoms with Gasteiger partial charge in [-0.25, -0.2) is 9.18 Å². The number of urea groups is 1. The van der Waals surface area contributed by atoms with E-state index in [9.17, 15) is 9.18 Å². The van der Waals surface area contributed by atoms with Crippen LogP contribution >= 0.6 is 0 Å². The van der Waals surface area contributed by atoms with Gasteiger partial charge in [-0.2, -0.15) is 0 Å². The summed E-state index contributed by atoms with van der Waals surface area (Å²) < 4.78 is 24.7. The van der Waals surface area contributed by atoms with Gasteiger partial charge in [-0.05, 0) is 29.8 Å². The monoisotopic (exact) mass is 373 g/mol. The number of para-hydroxylation sites is 1. The van der Waals surface area contributed by atoms with Gasteiger partial charge in [0.15, 0.2) is 0 Å². The number of ether oxygens (including phenoxy) is 2. The molecule has 144 valence electrons. The predicted molar refractivity (Wildman–Crippen MR) is 101 cm³/mol. The van der Waals surface area contributed by atoms with Gasteiger partial charge in [-0.3, -0.25) is 4.90 Å². The Morgan fingerprint density at radius 1 is 1.15 bits per heavy atom. The molecule has 2 aromatic carbocycles. The van der Waals surface area contributed by atoms with Crippen LogP contribution in [0.2, 0.25) is 0 Å². The zero-order valence-corrected chi connectivity index (χ0v) is 15.1. The highest BCUT2D eigenvalue weighted by Crippen LogP contribution is 2.14. The van der Waals surface area contributed by atoms with Crippen molar-refractivity contribution < 1.29 is 18.7 Å². The summed E-state index contributed by atoms with van der Waals surface area (Å²) in [5.41, 5.74) is 1.05. The molecule has 6 nitrogen and oxygen atoms in total. The van der Waals surface area contributed by atoms with Gasteiger partial charge in [0, 0.05) is 26.2 Å². The molecule has 2 aromatic rings. The lowest BCUT2D eigenvalue weighted by molar-refractivity contribution is 0.0322. The normalized spacial score (nSPS) is 14.6. The fourth-order valence-corrected chi connectivity index (χ4v) is 2.77. The van der Waals surface area contributed by atoms with Gasteiger partial charge in [0.25, 0.3) is 0 Å². The summed E-state index contributed by atoms with van der Waals surface area (Å²) >= 11 is 0. The molecule has 1 heterocycles. The van der Waals surface area contributed by atoms with E-state index in [0.717, 1.165) is 44.2 Å². The molecule has 0 saturated carbocycles. The van der Waals surface area contributed by atoms with E-state index in [4.69, 9.17) is 9.47 Å². The average Bonchev–Trinajstić information content (AvgIpc) is 2.69. The highest BCUT2D eigenvalue weighted by Gasteiger charge is 2.10. The predicted octanol–water partition coefficient (Wildman–Crippen LogP) is 2.86. The van der Waals surface area contributed by atoms with Crippen LogP contribution in [-0.2, 0) is 11.3 Å². The summed E-state index contributed by atoms with van der Waals surface area (Å²) in [4.78, 5) is 14.2. The molecule has 0 bridgehead atoms. The third-order valence-corrected chi connectivity index (χ3v) is 4.25. The van der Waals surface area contributed by atoms with Gasteiger partial charge >= 0.3 is 6.03 Å². The fraction of sp³-hybridized carbons (Fsp3) is 0.350. The highest BCUT2D eigenvalue weighted by molar-refractivity contribution is 5.89. The Hall–Kier alpha value is -2.64. The van der Waals surface area contributed by atoms with E-state index in [2.05, 4.69) is 15.5 Å². The molecule has 7 heteroatoms. The Kier molecular flexibility index (Phi) is 7.01.